The maximum Gasteiger partial charge on any atom is 0.266 e. The van der Waals surface area contributed by atoms with Crippen molar-refractivity contribution in [3.8, 4) is 11.5 Å². The van der Waals surface area contributed by atoms with Gasteiger partial charge in [-0.3, -0.25) is 9.69 Å². The van der Waals surface area contributed by atoms with Gasteiger partial charge in [0, 0.05) is 18.2 Å². The van der Waals surface area contributed by atoms with Crippen molar-refractivity contribution in [2.75, 3.05) is 13.2 Å². The van der Waals surface area contributed by atoms with Crippen LogP contribution in [0.3, 0.4) is 0 Å². The fourth-order valence-electron chi connectivity index (χ4n) is 1.83. The van der Waals surface area contributed by atoms with E-state index in [-0.39, 0.29) is 11.7 Å². The van der Waals surface area contributed by atoms with Crippen LogP contribution in [0.25, 0.3) is 6.08 Å². The van der Waals surface area contributed by atoms with Crippen LogP contribution in [0.4, 0.5) is 0 Å². The van der Waals surface area contributed by atoms with Gasteiger partial charge in [-0.2, -0.15) is 0 Å². The van der Waals surface area contributed by atoms with E-state index < -0.39 is 0 Å². The molecule has 21 heavy (non-hydrogen) atoms. The van der Waals surface area contributed by atoms with Gasteiger partial charge in [-0.15, -0.1) is 6.58 Å². The van der Waals surface area contributed by atoms with Gasteiger partial charge in [-0.1, -0.05) is 30.1 Å². The van der Waals surface area contributed by atoms with Gasteiger partial charge in [-0.05, 0) is 25.1 Å². The lowest BCUT2D eigenvalue weighted by Crippen LogP contribution is -2.27. The molecule has 0 radical (unpaired) electrons. The summed E-state index contributed by atoms with van der Waals surface area (Å²) in [5, 5.41) is 9.99. The van der Waals surface area contributed by atoms with E-state index in [0.717, 1.165) is 0 Å². The summed E-state index contributed by atoms with van der Waals surface area (Å²) in [4.78, 5) is 14.2. The molecule has 1 heterocycles. The Morgan fingerprint density at radius 2 is 2.29 bits per heavy atom. The fraction of sp³-hybridized carbons (Fsp3) is 0.200. The monoisotopic (exact) mass is 321 g/mol. The molecule has 1 N–H and O–H groups in total. The Morgan fingerprint density at radius 3 is 2.90 bits per heavy atom. The minimum Gasteiger partial charge on any atom is -0.507 e. The SMILES string of the molecule is C=CCN1C(=O)/C(=C\c2ccc(OCC)cc2O)SC1=S. The maximum atomic E-state index is 12.2. The first-order chi connectivity index (χ1) is 10.1. The maximum absolute atomic E-state index is 12.2. The lowest BCUT2D eigenvalue weighted by atomic mass is 10.1. The number of thiocarbonyl (C=S) groups is 1. The van der Waals surface area contributed by atoms with Crippen molar-refractivity contribution >= 4 is 40.3 Å². The van der Waals surface area contributed by atoms with E-state index in [2.05, 4.69) is 6.58 Å². The van der Waals surface area contributed by atoms with Gasteiger partial charge >= 0.3 is 0 Å². The molecule has 0 aromatic heterocycles. The van der Waals surface area contributed by atoms with Gasteiger partial charge in [0.05, 0.1) is 11.5 Å². The van der Waals surface area contributed by atoms with Gasteiger partial charge in [0.25, 0.3) is 5.91 Å². The molecule has 0 saturated carbocycles. The minimum atomic E-state index is -0.168. The van der Waals surface area contributed by atoms with Crippen molar-refractivity contribution in [1.82, 2.24) is 4.90 Å². The van der Waals surface area contributed by atoms with Gasteiger partial charge in [0.2, 0.25) is 0 Å². The number of thioether (sulfide) groups is 1. The van der Waals surface area contributed by atoms with Crippen LogP contribution in [-0.2, 0) is 4.79 Å². The smallest absolute Gasteiger partial charge is 0.266 e. The van der Waals surface area contributed by atoms with Crippen molar-refractivity contribution in [1.29, 1.82) is 0 Å². The standard InChI is InChI=1S/C15H15NO3S2/c1-3-7-16-14(18)13(21-15(16)20)8-10-5-6-11(19-4-2)9-12(10)17/h3,5-6,8-9,17H,1,4,7H2,2H3/b13-8+. The summed E-state index contributed by atoms with van der Waals surface area (Å²) in [6.07, 6.45) is 3.26. The highest BCUT2D eigenvalue weighted by Gasteiger charge is 2.31. The van der Waals surface area contributed by atoms with Crippen molar-refractivity contribution in [2.45, 2.75) is 6.92 Å². The molecule has 0 unspecified atom stereocenters. The Kier molecular flexibility index (Phi) is 5.03. The first-order valence-electron chi connectivity index (χ1n) is 6.39. The number of hydrogen-bond acceptors (Lipinski definition) is 5. The average Bonchev–Trinajstić information content (AvgIpc) is 2.70. The number of phenols is 1. The second-order valence-corrected chi connectivity index (χ2v) is 5.91. The number of aromatic hydroxyl groups is 1. The molecule has 2 rings (SSSR count). The molecule has 1 aromatic carbocycles. The number of ether oxygens (including phenoxy) is 1. The van der Waals surface area contributed by atoms with E-state index in [0.29, 0.717) is 33.7 Å². The van der Waals surface area contributed by atoms with Gasteiger partial charge in [0.1, 0.15) is 15.8 Å². The van der Waals surface area contributed by atoms with E-state index in [9.17, 15) is 9.90 Å². The molecular weight excluding hydrogens is 306 g/mol. The van der Waals surface area contributed by atoms with Crippen LogP contribution in [0.1, 0.15) is 12.5 Å². The third-order valence-electron chi connectivity index (χ3n) is 2.78. The van der Waals surface area contributed by atoms with Crippen LogP contribution >= 0.6 is 24.0 Å². The number of amides is 1. The summed E-state index contributed by atoms with van der Waals surface area (Å²) >= 11 is 6.38. The van der Waals surface area contributed by atoms with Gasteiger partial charge in [-0.25, -0.2) is 0 Å². The summed E-state index contributed by atoms with van der Waals surface area (Å²) in [5.74, 6) is 0.486. The number of phenolic OH excluding ortho intramolecular Hbond substituents is 1. The molecule has 4 nitrogen and oxygen atoms in total. The Labute approximate surface area is 133 Å². The van der Waals surface area contributed by atoms with Crippen LogP contribution < -0.4 is 4.74 Å². The Morgan fingerprint density at radius 1 is 1.52 bits per heavy atom. The van der Waals surface area contributed by atoms with Crippen molar-refractivity contribution in [3.63, 3.8) is 0 Å². The average molecular weight is 321 g/mol. The van der Waals surface area contributed by atoms with E-state index in [1.165, 1.54) is 22.7 Å². The first-order valence-corrected chi connectivity index (χ1v) is 7.61. The normalized spacial score (nSPS) is 16.6. The molecule has 1 aromatic rings. The molecule has 6 heteroatoms. The topological polar surface area (TPSA) is 49.8 Å². The van der Waals surface area contributed by atoms with Crippen LogP contribution in [0.5, 0.6) is 11.5 Å². The largest absolute Gasteiger partial charge is 0.507 e. The summed E-state index contributed by atoms with van der Waals surface area (Å²) in [5.41, 5.74) is 0.553. The number of nitrogens with zero attached hydrogens (tertiary/aromatic N) is 1. The molecule has 1 aliphatic heterocycles. The third-order valence-corrected chi connectivity index (χ3v) is 4.16. The molecule has 1 saturated heterocycles. The lowest BCUT2D eigenvalue weighted by molar-refractivity contribution is -0.121. The highest BCUT2D eigenvalue weighted by Crippen LogP contribution is 2.34. The van der Waals surface area contributed by atoms with Crippen molar-refractivity contribution < 1.29 is 14.6 Å². The molecule has 0 aliphatic carbocycles. The Balaban J connectivity index is 2.26. The second-order valence-electron chi connectivity index (χ2n) is 4.23. The van der Waals surface area contributed by atoms with E-state index in [1.807, 2.05) is 6.92 Å². The van der Waals surface area contributed by atoms with Crippen LogP contribution in [0, 0.1) is 0 Å². The number of carbonyl (C=O) groups excluding carboxylic acids is 1. The molecule has 0 spiro atoms. The predicted octanol–water partition coefficient (Wildman–Crippen LogP) is 3.18. The van der Waals surface area contributed by atoms with E-state index in [4.69, 9.17) is 17.0 Å². The van der Waals surface area contributed by atoms with Crippen LogP contribution in [-0.4, -0.2) is 33.4 Å². The summed E-state index contributed by atoms with van der Waals surface area (Å²) in [6.45, 7) is 6.39. The van der Waals surface area contributed by atoms with Crippen LogP contribution in [0.2, 0.25) is 0 Å². The molecule has 1 aliphatic rings. The highest BCUT2D eigenvalue weighted by atomic mass is 32.2. The molecular formula is C15H15NO3S2. The summed E-state index contributed by atoms with van der Waals surface area (Å²) < 4.78 is 5.80. The van der Waals surface area contributed by atoms with Crippen molar-refractivity contribution in [2.24, 2.45) is 0 Å². The number of benzene rings is 1. The minimum absolute atomic E-state index is 0.0648. The zero-order valence-corrected chi connectivity index (χ0v) is 13.2. The quantitative estimate of drug-likeness (QED) is 0.513. The van der Waals surface area contributed by atoms with Crippen molar-refractivity contribution in [3.05, 3.63) is 41.3 Å². The number of hydrogen-bond donors (Lipinski definition) is 1. The third kappa shape index (κ3) is 3.46. The molecule has 1 amide bonds. The highest BCUT2D eigenvalue weighted by molar-refractivity contribution is 8.26. The molecule has 1 fully saturated rings. The first kappa shape index (κ1) is 15.6. The zero-order valence-electron chi connectivity index (χ0n) is 11.5. The number of rotatable bonds is 5. The van der Waals surface area contributed by atoms with Crippen LogP contribution in [0.15, 0.2) is 35.8 Å². The Hall–Kier alpha value is -1.79. The molecule has 110 valence electrons. The summed E-state index contributed by atoms with van der Waals surface area (Å²) in [7, 11) is 0. The predicted molar refractivity (Wildman–Crippen MR) is 89.4 cm³/mol. The Bertz CT molecular complexity index is 625. The molecule has 0 bridgehead atoms. The van der Waals surface area contributed by atoms with Gasteiger partial charge < -0.3 is 9.84 Å². The van der Waals surface area contributed by atoms with Gasteiger partial charge in [0.15, 0.2) is 0 Å². The molecule has 0 atom stereocenters. The van der Waals surface area contributed by atoms with E-state index >= 15 is 0 Å². The zero-order chi connectivity index (χ0) is 15.4. The van der Waals surface area contributed by atoms with E-state index in [1.54, 1.807) is 24.3 Å². The number of carbonyl (C=O) groups is 1. The fourth-order valence-corrected chi connectivity index (χ4v) is 3.10. The second kappa shape index (κ2) is 6.78. The lowest BCUT2D eigenvalue weighted by Gasteiger charge is -2.10. The summed E-state index contributed by atoms with van der Waals surface area (Å²) in [6, 6.07) is 4.99.